The van der Waals surface area contributed by atoms with Crippen LogP contribution in [0.25, 0.3) is 0 Å². The minimum absolute atomic E-state index is 0.0490. The Balaban J connectivity index is 2.52. The average Bonchev–Trinajstić information content (AvgIpc) is 2.27. The summed E-state index contributed by atoms with van der Waals surface area (Å²) in [5, 5.41) is 0. The summed E-state index contributed by atoms with van der Waals surface area (Å²) in [5.41, 5.74) is 4.71. The van der Waals surface area contributed by atoms with E-state index in [2.05, 4.69) is 61.9 Å². The van der Waals surface area contributed by atoms with Crippen molar-refractivity contribution in [3.63, 3.8) is 0 Å². The van der Waals surface area contributed by atoms with Gasteiger partial charge >= 0.3 is 0 Å². The first-order chi connectivity index (χ1) is 7.99. The van der Waals surface area contributed by atoms with E-state index in [4.69, 9.17) is 0 Å². The van der Waals surface area contributed by atoms with Crippen molar-refractivity contribution in [1.29, 1.82) is 0 Å². The Morgan fingerprint density at radius 1 is 1.12 bits per heavy atom. The van der Waals surface area contributed by atoms with Crippen molar-refractivity contribution in [1.82, 2.24) is 0 Å². The lowest BCUT2D eigenvalue weighted by molar-refractivity contribution is 1.03. The first-order valence-corrected chi connectivity index (χ1v) is 12.3. The standard InChI is InChI=1S/C15H23Si2/c1-16(2)12-8-13-17(3,4)14-11-15-9-6-5-7-10-15/h5-7,9-10H,8,12-13H2,1-4H3. The Hall–Kier alpha value is -0.786. The van der Waals surface area contributed by atoms with Crippen LogP contribution in [-0.2, 0) is 0 Å². The molecule has 0 saturated heterocycles. The lowest BCUT2D eigenvalue weighted by Crippen LogP contribution is -2.23. The molecule has 0 aliphatic carbocycles. The van der Waals surface area contributed by atoms with Gasteiger partial charge in [0, 0.05) is 14.4 Å². The Morgan fingerprint density at radius 3 is 2.35 bits per heavy atom. The van der Waals surface area contributed by atoms with Gasteiger partial charge in [-0.3, -0.25) is 0 Å². The van der Waals surface area contributed by atoms with E-state index in [-0.39, 0.29) is 8.80 Å². The van der Waals surface area contributed by atoms with E-state index >= 15 is 0 Å². The van der Waals surface area contributed by atoms with Gasteiger partial charge in [0.1, 0.15) is 8.07 Å². The lowest BCUT2D eigenvalue weighted by atomic mass is 10.2. The molecule has 0 heterocycles. The van der Waals surface area contributed by atoms with Gasteiger partial charge in [-0.05, 0) is 18.2 Å². The highest BCUT2D eigenvalue weighted by Crippen LogP contribution is 2.14. The van der Waals surface area contributed by atoms with Gasteiger partial charge in [0.15, 0.2) is 0 Å². The molecule has 0 fully saturated rings. The molecule has 1 radical (unpaired) electrons. The minimum atomic E-state index is -1.30. The van der Waals surface area contributed by atoms with Crippen LogP contribution in [0.1, 0.15) is 12.0 Å². The zero-order valence-electron chi connectivity index (χ0n) is 11.5. The van der Waals surface area contributed by atoms with Crippen molar-refractivity contribution in [3.05, 3.63) is 35.9 Å². The summed E-state index contributed by atoms with van der Waals surface area (Å²) in [6, 6.07) is 13.1. The second-order valence-electron chi connectivity index (χ2n) is 5.56. The van der Waals surface area contributed by atoms with E-state index in [0.29, 0.717) is 0 Å². The molecule has 1 rings (SSSR count). The highest BCUT2D eigenvalue weighted by molar-refractivity contribution is 6.85. The Bertz CT molecular complexity index is 382. The molecule has 0 bridgehead atoms. The summed E-state index contributed by atoms with van der Waals surface area (Å²) in [6.45, 7) is 9.57. The maximum atomic E-state index is 3.55. The van der Waals surface area contributed by atoms with Crippen molar-refractivity contribution < 1.29 is 0 Å². The van der Waals surface area contributed by atoms with Crippen LogP contribution in [0, 0.1) is 11.5 Å². The van der Waals surface area contributed by atoms with E-state index in [0.717, 1.165) is 5.56 Å². The Morgan fingerprint density at radius 2 is 1.76 bits per heavy atom. The molecule has 17 heavy (non-hydrogen) atoms. The number of benzene rings is 1. The molecule has 0 unspecified atom stereocenters. The van der Waals surface area contributed by atoms with Crippen LogP contribution in [0.5, 0.6) is 0 Å². The van der Waals surface area contributed by atoms with Gasteiger partial charge in [0.05, 0.1) is 0 Å². The molecule has 0 aliphatic rings. The fourth-order valence-corrected chi connectivity index (χ4v) is 4.62. The number of rotatable bonds is 4. The van der Waals surface area contributed by atoms with Gasteiger partial charge in [0.2, 0.25) is 0 Å². The Kier molecular flexibility index (Phi) is 5.74. The highest BCUT2D eigenvalue weighted by Gasteiger charge is 2.17. The minimum Gasteiger partial charge on any atom is -0.126 e. The SMILES string of the molecule is C[Si](C)CCC[Si](C)(C)C#Cc1ccccc1. The maximum absolute atomic E-state index is 3.55. The third-order valence-corrected chi connectivity index (χ3v) is 6.56. The number of hydrogen-bond donors (Lipinski definition) is 0. The average molecular weight is 260 g/mol. The number of hydrogen-bond acceptors (Lipinski definition) is 0. The summed E-state index contributed by atoms with van der Waals surface area (Å²) in [5.74, 6) is 3.34. The van der Waals surface area contributed by atoms with Crippen molar-refractivity contribution >= 4 is 16.9 Å². The molecule has 0 N–H and O–H groups in total. The first-order valence-electron chi connectivity index (χ1n) is 6.37. The summed E-state index contributed by atoms with van der Waals surface area (Å²) >= 11 is 0. The molecule has 91 valence electrons. The van der Waals surface area contributed by atoms with Gasteiger partial charge in [-0.25, -0.2) is 0 Å². The normalized spacial score (nSPS) is 11.1. The second-order valence-corrected chi connectivity index (χ2v) is 13.0. The molecule has 0 spiro atoms. The van der Waals surface area contributed by atoms with Crippen LogP contribution in [0.4, 0.5) is 0 Å². The zero-order chi connectivity index (χ0) is 12.7. The third-order valence-electron chi connectivity index (χ3n) is 2.80. The van der Waals surface area contributed by atoms with Gasteiger partial charge in [0.25, 0.3) is 0 Å². The fraction of sp³-hybridized carbons (Fsp3) is 0.467. The van der Waals surface area contributed by atoms with Crippen LogP contribution in [0.15, 0.2) is 30.3 Å². The maximum Gasteiger partial charge on any atom is 0.132 e. The second kappa shape index (κ2) is 6.83. The lowest BCUT2D eigenvalue weighted by Gasteiger charge is -2.14. The topological polar surface area (TPSA) is 0 Å². The predicted octanol–water partition coefficient (Wildman–Crippen LogP) is 4.43. The van der Waals surface area contributed by atoms with E-state index in [9.17, 15) is 0 Å². The molecule has 0 aliphatic heterocycles. The van der Waals surface area contributed by atoms with Crippen molar-refractivity contribution in [2.75, 3.05) is 0 Å². The largest absolute Gasteiger partial charge is 0.132 e. The summed E-state index contributed by atoms with van der Waals surface area (Å²) in [4.78, 5) is 0. The molecule has 1 aromatic carbocycles. The van der Waals surface area contributed by atoms with Crippen molar-refractivity contribution in [2.24, 2.45) is 0 Å². The molecule has 0 nitrogen and oxygen atoms in total. The van der Waals surface area contributed by atoms with Crippen LogP contribution < -0.4 is 0 Å². The monoisotopic (exact) mass is 259 g/mol. The molecule has 0 atom stereocenters. The van der Waals surface area contributed by atoms with Crippen LogP contribution >= 0.6 is 0 Å². The molecular weight excluding hydrogens is 236 g/mol. The smallest absolute Gasteiger partial charge is 0.126 e. The van der Waals surface area contributed by atoms with Crippen LogP contribution in [-0.4, -0.2) is 16.9 Å². The van der Waals surface area contributed by atoms with Crippen LogP contribution in [0.3, 0.4) is 0 Å². The van der Waals surface area contributed by atoms with Gasteiger partial charge in [-0.2, -0.15) is 0 Å². The quantitative estimate of drug-likeness (QED) is 0.554. The van der Waals surface area contributed by atoms with E-state index in [1.54, 1.807) is 0 Å². The summed E-state index contributed by atoms with van der Waals surface area (Å²) in [6.07, 6.45) is 1.38. The summed E-state index contributed by atoms with van der Waals surface area (Å²) in [7, 11) is -1.35. The summed E-state index contributed by atoms with van der Waals surface area (Å²) < 4.78 is 0. The van der Waals surface area contributed by atoms with E-state index in [1.165, 1.54) is 18.5 Å². The molecule has 0 aromatic heterocycles. The Labute approximate surface area is 109 Å². The molecule has 0 saturated carbocycles. The fourth-order valence-electron chi connectivity index (χ4n) is 1.71. The van der Waals surface area contributed by atoms with E-state index < -0.39 is 8.07 Å². The molecular formula is C15H23Si2. The third kappa shape index (κ3) is 6.50. The van der Waals surface area contributed by atoms with Crippen molar-refractivity contribution in [3.8, 4) is 11.5 Å². The van der Waals surface area contributed by atoms with Gasteiger partial charge in [-0.15, -0.1) is 5.54 Å². The van der Waals surface area contributed by atoms with Crippen molar-refractivity contribution in [2.45, 2.75) is 44.7 Å². The van der Waals surface area contributed by atoms with Crippen LogP contribution in [0.2, 0.25) is 38.3 Å². The highest BCUT2D eigenvalue weighted by atomic mass is 28.3. The van der Waals surface area contributed by atoms with Gasteiger partial charge in [-0.1, -0.05) is 62.8 Å². The molecule has 1 aromatic rings. The molecule has 0 amide bonds. The zero-order valence-corrected chi connectivity index (χ0v) is 13.5. The van der Waals surface area contributed by atoms with E-state index in [1.807, 2.05) is 6.07 Å². The first kappa shape index (κ1) is 14.3. The van der Waals surface area contributed by atoms with Gasteiger partial charge < -0.3 is 0 Å². The molecule has 2 heteroatoms. The predicted molar refractivity (Wildman–Crippen MR) is 82.5 cm³/mol.